The number of benzene rings is 1. The molecule has 31 heavy (non-hydrogen) atoms. The molecular weight excluding hydrogens is 394 g/mol. The Morgan fingerprint density at radius 3 is 2.58 bits per heavy atom. The minimum absolute atomic E-state index is 0.141. The van der Waals surface area contributed by atoms with Crippen molar-refractivity contribution in [3.63, 3.8) is 0 Å². The van der Waals surface area contributed by atoms with Crippen LogP contribution < -0.4 is 15.5 Å². The van der Waals surface area contributed by atoms with Crippen molar-refractivity contribution in [3.8, 4) is 0 Å². The van der Waals surface area contributed by atoms with Gasteiger partial charge >= 0.3 is 5.97 Å². The molecule has 0 unspecified atom stereocenters. The van der Waals surface area contributed by atoms with Crippen molar-refractivity contribution in [2.45, 2.75) is 26.8 Å². The van der Waals surface area contributed by atoms with Crippen LogP contribution in [0.1, 0.15) is 20.8 Å². The van der Waals surface area contributed by atoms with Gasteiger partial charge in [-0.3, -0.25) is 0 Å². The van der Waals surface area contributed by atoms with Crippen molar-refractivity contribution >= 4 is 41.0 Å². The van der Waals surface area contributed by atoms with Crippen molar-refractivity contribution < 1.29 is 9.53 Å². The summed E-state index contributed by atoms with van der Waals surface area (Å²) in [6.07, 6.45) is 2.71. The Morgan fingerprint density at radius 2 is 1.94 bits per heavy atom. The number of aromatic nitrogens is 2. The molecule has 3 rings (SSSR count). The second kappa shape index (κ2) is 10.7. The summed E-state index contributed by atoms with van der Waals surface area (Å²) in [6.45, 7) is 10.3. The lowest BCUT2D eigenvalue weighted by molar-refractivity contribution is -0.134. The first-order chi connectivity index (χ1) is 14.9. The maximum Gasteiger partial charge on any atom is 0.349 e. The smallest absolute Gasteiger partial charge is 0.349 e. The third kappa shape index (κ3) is 6.65. The number of hydrogen-bond donors (Lipinski definition) is 2. The van der Waals surface area contributed by atoms with Crippen LogP contribution in [0.4, 0.5) is 28.8 Å². The van der Waals surface area contributed by atoms with E-state index in [9.17, 15) is 4.79 Å². The zero-order valence-electron chi connectivity index (χ0n) is 18.6. The number of nitrogens with one attached hydrogen (secondary N) is 2. The number of carbonyl (C=O) groups excluding carboxylic acids is 1. The SMILES string of the molecule is CCOC(=O)C=Nc1cnc(Nc2ccc(N3CCN(C)CC3)cc2)nc1NC(C)C. The average molecular weight is 426 g/mol. The highest BCUT2D eigenvalue weighted by atomic mass is 16.5. The fourth-order valence-corrected chi connectivity index (χ4v) is 3.16. The molecule has 0 amide bonds. The molecular formula is C22H31N7O2. The molecule has 0 radical (unpaired) electrons. The van der Waals surface area contributed by atoms with Gasteiger partial charge in [-0.15, -0.1) is 0 Å². The second-order valence-electron chi connectivity index (χ2n) is 7.70. The Hall–Kier alpha value is -3.20. The number of ether oxygens (including phenoxy) is 1. The monoisotopic (exact) mass is 425 g/mol. The van der Waals surface area contributed by atoms with Crippen molar-refractivity contribution in [2.75, 3.05) is 55.4 Å². The first kappa shape index (κ1) is 22.5. The summed E-state index contributed by atoms with van der Waals surface area (Å²) in [5.41, 5.74) is 2.58. The Kier molecular flexibility index (Phi) is 7.77. The molecule has 2 N–H and O–H groups in total. The zero-order chi connectivity index (χ0) is 22.2. The summed E-state index contributed by atoms with van der Waals surface area (Å²) in [5, 5.41) is 6.48. The Morgan fingerprint density at radius 1 is 1.23 bits per heavy atom. The van der Waals surface area contributed by atoms with Crippen LogP contribution in [0.25, 0.3) is 0 Å². The first-order valence-electron chi connectivity index (χ1n) is 10.6. The fourth-order valence-electron chi connectivity index (χ4n) is 3.16. The van der Waals surface area contributed by atoms with Gasteiger partial charge in [0.15, 0.2) is 5.82 Å². The first-order valence-corrected chi connectivity index (χ1v) is 10.6. The molecule has 0 aliphatic carbocycles. The summed E-state index contributed by atoms with van der Waals surface area (Å²) in [6, 6.07) is 8.42. The molecule has 9 nitrogen and oxygen atoms in total. The molecule has 1 saturated heterocycles. The zero-order valence-corrected chi connectivity index (χ0v) is 18.6. The van der Waals surface area contributed by atoms with E-state index in [1.807, 2.05) is 26.0 Å². The van der Waals surface area contributed by atoms with Crippen LogP contribution in [0.15, 0.2) is 35.5 Å². The Labute approximate surface area is 183 Å². The second-order valence-corrected chi connectivity index (χ2v) is 7.70. The number of nitrogens with zero attached hydrogens (tertiary/aromatic N) is 5. The van der Waals surface area contributed by atoms with Gasteiger partial charge < -0.3 is 25.2 Å². The van der Waals surface area contributed by atoms with Gasteiger partial charge in [0, 0.05) is 43.6 Å². The Balaban J connectivity index is 1.71. The molecule has 9 heteroatoms. The maximum atomic E-state index is 11.6. The largest absolute Gasteiger partial charge is 0.462 e. The molecule has 1 aliphatic rings. The standard InChI is InChI=1S/C22H31N7O2/c1-5-31-20(30)15-23-19-14-24-22(27-21(19)25-16(2)3)26-17-6-8-18(9-7-17)29-12-10-28(4)11-13-29/h6-9,14-16H,5,10-13H2,1-4H3,(H2,24,25,26,27). The van der Waals surface area contributed by atoms with Gasteiger partial charge in [0.2, 0.25) is 5.95 Å². The lowest BCUT2D eigenvalue weighted by Crippen LogP contribution is -2.44. The van der Waals surface area contributed by atoms with E-state index >= 15 is 0 Å². The molecule has 0 atom stereocenters. The van der Waals surface area contributed by atoms with E-state index in [0.29, 0.717) is 24.1 Å². The predicted octanol–water partition coefficient (Wildman–Crippen LogP) is 3.06. The number of anilines is 4. The van der Waals surface area contributed by atoms with Crippen LogP contribution in [0.2, 0.25) is 0 Å². The van der Waals surface area contributed by atoms with Gasteiger partial charge in [-0.05, 0) is 52.1 Å². The maximum absolute atomic E-state index is 11.6. The molecule has 0 bridgehead atoms. The lowest BCUT2D eigenvalue weighted by Gasteiger charge is -2.34. The van der Waals surface area contributed by atoms with Crippen LogP contribution in [-0.2, 0) is 9.53 Å². The minimum Gasteiger partial charge on any atom is -0.462 e. The summed E-state index contributed by atoms with van der Waals surface area (Å²) >= 11 is 0. The molecule has 1 aliphatic heterocycles. The molecule has 166 valence electrons. The molecule has 0 spiro atoms. The number of hydrogen-bond acceptors (Lipinski definition) is 9. The molecule has 2 aromatic rings. The van der Waals surface area contributed by atoms with Crippen molar-refractivity contribution in [3.05, 3.63) is 30.5 Å². The van der Waals surface area contributed by atoms with E-state index in [-0.39, 0.29) is 6.04 Å². The van der Waals surface area contributed by atoms with Crippen molar-refractivity contribution in [1.82, 2.24) is 14.9 Å². The van der Waals surface area contributed by atoms with E-state index in [2.05, 4.69) is 54.6 Å². The van der Waals surface area contributed by atoms with Crippen LogP contribution in [0.3, 0.4) is 0 Å². The average Bonchev–Trinajstić information content (AvgIpc) is 2.74. The van der Waals surface area contributed by atoms with Crippen LogP contribution >= 0.6 is 0 Å². The Bertz CT molecular complexity index is 891. The molecule has 0 saturated carbocycles. The fraction of sp³-hybridized carbons (Fsp3) is 0.455. The van der Waals surface area contributed by atoms with Crippen LogP contribution in [0, 0.1) is 0 Å². The number of likely N-dealkylation sites (N-methyl/N-ethyl adjacent to an activating group) is 1. The van der Waals surface area contributed by atoms with Gasteiger partial charge in [-0.2, -0.15) is 4.98 Å². The molecule has 2 heterocycles. The number of aliphatic imine (C=N–C) groups is 1. The summed E-state index contributed by atoms with van der Waals surface area (Å²) < 4.78 is 4.88. The van der Waals surface area contributed by atoms with E-state index in [1.54, 1.807) is 13.1 Å². The highest BCUT2D eigenvalue weighted by Gasteiger charge is 2.14. The number of carbonyl (C=O) groups is 1. The summed E-state index contributed by atoms with van der Waals surface area (Å²) in [5.74, 6) is 0.494. The third-order valence-electron chi connectivity index (χ3n) is 4.78. The number of esters is 1. The highest BCUT2D eigenvalue weighted by Crippen LogP contribution is 2.26. The quantitative estimate of drug-likeness (QED) is 0.492. The number of piperazine rings is 1. The predicted molar refractivity (Wildman–Crippen MR) is 125 cm³/mol. The molecule has 1 aromatic carbocycles. The molecule has 1 fully saturated rings. The van der Waals surface area contributed by atoms with Gasteiger partial charge in [0.25, 0.3) is 0 Å². The van der Waals surface area contributed by atoms with Gasteiger partial charge in [0.1, 0.15) is 11.9 Å². The normalized spacial score (nSPS) is 14.8. The van der Waals surface area contributed by atoms with Crippen LogP contribution in [0.5, 0.6) is 0 Å². The van der Waals surface area contributed by atoms with Crippen LogP contribution in [-0.4, -0.2) is 72.9 Å². The van der Waals surface area contributed by atoms with Crippen molar-refractivity contribution in [2.24, 2.45) is 4.99 Å². The van der Waals surface area contributed by atoms with Gasteiger partial charge in [0.05, 0.1) is 12.8 Å². The number of rotatable bonds is 8. The van der Waals surface area contributed by atoms with E-state index in [0.717, 1.165) is 38.1 Å². The van der Waals surface area contributed by atoms with E-state index in [4.69, 9.17) is 4.74 Å². The molecule has 1 aromatic heterocycles. The third-order valence-corrected chi connectivity index (χ3v) is 4.78. The lowest BCUT2D eigenvalue weighted by atomic mass is 10.2. The van der Waals surface area contributed by atoms with Gasteiger partial charge in [-0.1, -0.05) is 0 Å². The van der Waals surface area contributed by atoms with Gasteiger partial charge in [-0.25, -0.2) is 14.8 Å². The van der Waals surface area contributed by atoms with E-state index < -0.39 is 5.97 Å². The van der Waals surface area contributed by atoms with Crippen molar-refractivity contribution in [1.29, 1.82) is 0 Å². The summed E-state index contributed by atoms with van der Waals surface area (Å²) in [4.78, 5) is 29.3. The highest BCUT2D eigenvalue weighted by molar-refractivity contribution is 6.23. The minimum atomic E-state index is -0.499. The topological polar surface area (TPSA) is 95.0 Å². The summed E-state index contributed by atoms with van der Waals surface area (Å²) in [7, 11) is 2.15. The van der Waals surface area contributed by atoms with E-state index in [1.165, 1.54) is 5.69 Å².